The topological polar surface area (TPSA) is 57.5 Å². The normalized spacial score (nSPS) is 12.2. The van der Waals surface area contributed by atoms with Crippen molar-refractivity contribution >= 4 is 5.97 Å². The number of aromatic hydroxyl groups is 1. The maximum absolute atomic E-state index is 10.9. The number of aryl methyl sites for hydroxylation is 1. The van der Waals surface area contributed by atoms with E-state index in [9.17, 15) is 9.90 Å². The van der Waals surface area contributed by atoms with Crippen molar-refractivity contribution in [1.82, 2.24) is 0 Å². The number of aliphatic carboxylic acids is 1. The molecular formula is C23H30O3. The van der Waals surface area contributed by atoms with Gasteiger partial charge in [-0.15, -0.1) is 0 Å². The number of hydrogen-bond donors (Lipinski definition) is 2. The predicted octanol–water partition coefficient (Wildman–Crippen LogP) is 5.67. The largest absolute Gasteiger partial charge is 0.507 e. The summed E-state index contributed by atoms with van der Waals surface area (Å²) < 4.78 is 0. The van der Waals surface area contributed by atoms with Gasteiger partial charge in [0, 0.05) is 17.5 Å². The van der Waals surface area contributed by atoms with Crippen LogP contribution in [0.5, 0.6) is 5.75 Å². The molecule has 0 aliphatic carbocycles. The molecule has 0 aromatic heterocycles. The van der Waals surface area contributed by atoms with E-state index in [1.165, 1.54) is 0 Å². The molecule has 0 aliphatic rings. The van der Waals surface area contributed by atoms with E-state index in [0.717, 1.165) is 27.8 Å². The van der Waals surface area contributed by atoms with Crippen LogP contribution in [0.25, 0.3) is 11.1 Å². The number of rotatable bonds is 4. The van der Waals surface area contributed by atoms with Crippen molar-refractivity contribution in [3.05, 3.63) is 53.1 Å². The van der Waals surface area contributed by atoms with Crippen LogP contribution in [0.2, 0.25) is 0 Å². The first-order chi connectivity index (χ1) is 11.9. The molecule has 0 fully saturated rings. The fraction of sp³-hybridized carbons (Fsp3) is 0.435. The average Bonchev–Trinajstić information content (AvgIpc) is 2.51. The number of benzene rings is 2. The quantitative estimate of drug-likeness (QED) is 0.743. The van der Waals surface area contributed by atoms with Crippen molar-refractivity contribution in [2.24, 2.45) is 0 Å². The fourth-order valence-corrected chi connectivity index (χ4v) is 3.10. The summed E-state index contributed by atoms with van der Waals surface area (Å²) in [4.78, 5) is 10.8. The molecule has 0 spiro atoms. The Morgan fingerprint density at radius 2 is 1.42 bits per heavy atom. The van der Waals surface area contributed by atoms with Crippen LogP contribution in [0.15, 0.2) is 36.4 Å². The summed E-state index contributed by atoms with van der Waals surface area (Å²) in [5.41, 5.74) is 4.60. The van der Waals surface area contributed by atoms with E-state index in [0.29, 0.717) is 12.2 Å². The molecule has 0 aliphatic heterocycles. The van der Waals surface area contributed by atoms with Gasteiger partial charge < -0.3 is 10.2 Å². The van der Waals surface area contributed by atoms with E-state index in [1.807, 2.05) is 24.3 Å². The van der Waals surface area contributed by atoms with Crippen molar-refractivity contribution < 1.29 is 15.0 Å². The Morgan fingerprint density at radius 3 is 1.88 bits per heavy atom. The van der Waals surface area contributed by atoms with Crippen molar-refractivity contribution in [3.8, 4) is 16.9 Å². The van der Waals surface area contributed by atoms with Crippen molar-refractivity contribution in [2.45, 2.75) is 65.2 Å². The monoisotopic (exact) mass is 354 g/mol. The smallest absolute Gasteiger partial charge is 0.303 e. The standard InChI is InChI=1S/C23H30O3/c1-22(2,3)18-13-17(14-19(21(18)26)23(4,5)6)16-9-7-8-15(12-16)10-11-20(24)25/h7-9,12-14,26H,10-11H2,1-6H3,(H,24,25). The lowest BCUT2D eigenvalue weighted by molar-refractivity contribution is -0.136. The maximum Gasteiger partial charge on any atom is 0.303 e. The van der Waals surface area contributed by atoms with E-state index in [2.05, 4.69) is 53.7 Å². The highest BCUT2D eigenvalue weighted by molar-refractivity contribution is 5.70. The minimum Gasteiger partial charge on any atom is -0.507 e. The van der Waals surface area contributed by atoms with Gasteiger partial charge in [-0.05, 0) is 46.1 Å². The molecule has 0 radical (unpaired) electrons. The number of hydrogen-bond acceptors (Lipinski definition) is 2. The summed E-state index contributed by atoms with van der Waals surface area (Å²) in [5, 5.41) is 19.8. The molecule has 0 saturated carbocycles. The molecule has 3 heteroatoms. The van der Waals surface area contributed by atoms with E-state index in [-0.39, 0.29) is 17.3 Å². The van der Waals surface area contributed by atoms with Gasteiger partial charge in [0.1, 0.15) is 5.75 Å². The van der Waals surface area contributed by atoms with Crippen LogP contribution in [0.1, 0.15) is 64.7 Å². The molecular weight excluding hydrogens is 324 g/mol. The highest BCUT2D eigenvalue weighted by Crippen LogP contribution is 2.42. The number of phenols is 1. The summed E-state index contributed by atoms with van der Waals surface area (Å²) in [5.74, 6) is -0.416. The molecule has 0 amide bonds. The van der Waals surface area contributed by atoms with Gasteiger partial charge in [0.25, 0.3) is 0 Å². The fourth-order valence-electron chi connectivity index (χ4n) is 3.10. The molecule has 0 atom stereocenters. The van der Waals surface area contributed by atoms with Crippen molar-refractivity contribution in [3.63, 3.8) is 0 Å². The molecule has 3 nitrogen and oxygen atoms in total. The van der Waals surface area contributed by atoms with Gasteiger partial charge in [0.2, 0.25) is 0 Å². The first-order valence-electron chi connectivity index (χ1n) is 9.08. The minimum absolute atomic E-state index is 0.125. The maximum atomic E-state index is 10.9. The van der Waals surface area contributed by atoms with Gasteiger partial charge in [-0.2, -0.15) is 0 Å². The van der Waals surface area contributed by atoms with Crippen LogP contribution in [-0.4, -0.2) is 16.2 Å². The number of carbonyl (C=O) groups is 1. The second-order valence-corrected chi connectivity index (χ2v) is 9.01. The van der Waals surface area contributed by atoms with Gasteiger partial charge in [0.05, 0.1) is 0 Å². The molecule has 2 N–H and O–H groups in total. The van der Waals surface area contributed by atoms with Gasteiger partial charge in [-0.3, -0.25) is 4.79 Å². The molecule has 0 heterocycles. The summed E-state index contributed by atoms with van der Waals surface area (Å²) >= 11 is 0. The van der Waals surface area contributed by atoms with E-state index in [4.69, 9.17) is 5.11 Å². The lowest BCUT2D eigenvalue weighted by Crippen LogP contribution is -2.17. The molecule has 140 valence electrons. The summed E-state index contributed by atoms with van der Waals surface area (Å²) in [6.45, 7) is 12.6. The Kier molecular flexibility index (Phi) is 5.50. The third-order valence-corrected chi connectivity index (χ3v) is 4.61. The summed E-state index contributed by atoms with van der Waals surface area (Å²) in [7, 11) is 0. The Morgan fingerprint density at radius 1 is 0.885 bits per heavy atom. The second-order valence-electron chi connectivity index (χ2n) is 9.01. The number of carboxylic acids is 1. The summed E-state index contributed by atoms with van der Waals surface area (Å²) in [6, 6.07) is 12.1. The Hall–Kier alpha value is -2.29. The van der Waals surface area contributed by atoms with Crippen LogP contribution >= 0.6 is 0 Å². The average molecular weight is 354 g/mol. The van der Waals surface area contributed by atoms with Gasteiger partial charge >= 0.3 is 5.97 Å². The second kappa shape index (κ2) is 7.14. The third-order valence-electron chi connectivity index (χ3n) is 4.61. The van der Waals surface area contributed by atoms with Crippen LogP contribution in [-0.2, 0) is 22.0 Å². The third kappa shape index (κ3) is 4.66. The van der Waals surface area contributed by atoms with E-state index >= 15 is 0 Å². The Labute approximate surface area is 156 Å². The molecule has 0 bridgehead atoms. The summed E-state index contributed by atoms with van der Waals surface area (Å²) in [6.07, 6.45) is 0.638. The molecule has 26 heavy (non-hydrogen) atoms. The lowest BCUT2D eigenvalue weighted by Gasteiger charge is -2.28. The van der Waals surface area contributed by atoms with Crippen LogP contribution < -0.4 is 0 Å². The number of carboxylic acid groups (broad SMARTS) is 1. The van der Waals surface area contributed by atoms with Crippen molar-refractivity contribution in [1.29, 1.82) is 0 Å². The zero-order valence-electron chi connectivity index (χ0n) is 16.7. The SMILES string of the molecule is CC(C)(C)c1cc(-c2cccc(CCC(=O)O)c2)cc(C(C)(C)C)c1O. The highest BCUT2D eigenvalue weighted by atomic mass is 16.4. The predicted molar refractivity (Wildman–Crippen MR) is 107 cm³/mol. The van der Waals surface area contributed by atoms with Crippen LogP contribution in [0.4, 0.5) is 0 Å². The molecule has 0 unspecified atom stereocenters. The zero-order valence-corrected chi connectivity index (χ0v) is 16.7. The van der Waals surface area contributed by atoms with Crippen LogP contribution in [0.3, 0.4) is 0 Å². The Balaban J connectivity index is 2.59. The van der Waals surface area contributed by atoms with E-state index < -0.39 is 5.97 Å². The van der Waals surface area contributed by atoms with Crippen LogP contribution in [0, 0.1) is 0 Å². The van der Waals surface area contributed by atoms with Gasteiger partial charge in [-0.1, -0.05) is 65.8 Å². The molecule has 0 saturated heterocycles. The lowest BCUT2D eigenvalue weighted by atomic mass is 9.77. The van der Waals surface area contributed by atoms with Gasteiger partial charge in [0.15, 0.2) is 0 Å². The zero-order chi connectivity index (χ0) is 19.7. The Bertz CT molecular complexity index is 770. The first kappa shape index (κ1) is 20.0. The first-order valence-corrected chi connectivity index (χ1v) is 9.08. The van der Waals surface area contributed by atoms with E-state index in [1.54, 1.807) is 0 Å². The highest BCUT2D eigenvalue weighted by Gasteiger charge is 2.26. The number of phenolic OH excluding ortho intramolecular Hbond substituents is 1. The van der Waals surface area contributed by atoms with Crippen molar-refractivity contribution in [2.75, 3.05) is 0 Å². The minimum atomic E-state index is -0.787. The molecule has 2 aromatic carbocycles. The van der Waals surface area contributed by atoms with Gasteiger partial charge in [-0.25, -0.2) is 0 Å². The molecule has 2 rings (SSSR count). The molecule has 2 aromatic rings.